The average Bonchev–Trinajstić information content (AvgIpc) is 2.81. The maximum atomic E-state index is 5.80. The van der Waals surface area contributed by atoms with Crippen LogP contribution in [0.4, 0.5) is 0 Å². The minimum absolute atomic E-state index is 0. The number of hydrogen-bond acceptors (Lipinski definition) is 2. The van der Waals surface area contributed by atoms with Crippen molar-refractivity contribution in [3.05, 3.63) is 18.0 Å². The largest absolute Gasteiger partial charge is 0.370 e. The van der Waals surface area contributed by atoms with Crippen molar-refractivity contribution >= 4 is 29.9 Å². The third kappa shape index (κ3) is 9.17. The summed E-state index contributed by atoms with van der Waals surface area (Å²) in [6.45, 7) is 3.73. The number of aromatic nitrogens is 2. The third-order valence-corrected chi connectivity index (χ3v) is 3.03. The zero-order chi connectivity index (χ0) is 13.9. The maximum absolute atomic E-state index is 5.80. The molecule has 5 nitrogen and oxygen atoms in total. The van der Waals surface area contributed by atoms with Crippen LogP contribution in [-0.2, 0) is 13.6 Å². The fourth-order valence-electron chi connectivity index (χ4n) is 1.91. The van der Waals surface area contributed by atoms with Crippen molar-refractivity contribution in [2.75, 3.05) is 6.54 Å². The Morgan fingerprint density at radius 2 is 2.00 bits per heavy atom. The fourth-order valence-corrected chi connectivity index (χ4v) is 1.91. The van der Waals surface area contributed by atoms with Gasteiger partial charge in [0.2, 0.25) is 0 Å². The molecule has 1 aromatic heterocycles. The summed E-state index contributed by atoms with van der Waals surface area (Å²) in [4.78, 5) is 4.28. The van der Waals surface area contributed by atoms with Crippen molar-refractivity contribution in [2.24, 2.45) is 17.8 Å². The molecule has 116 valence electrons. The van der Waals surface area contributed by atoms with Crippen LogP contribution in [0, 0.1) is 0 Å². The molecule has 1 aromatic rings. The van der Waals surface area contributed by atoms with Gasteiger partial charge in [-0.25, -0.2) is 4.99 Å². The fraction of sp³-hybridized carbons (Fsp3) is 0.714. The van der Waals surface area contributed by atoms with Crippen LogP contribution in [0.2, 0.25) is 0 Å². The predicted molar refractivity (Wildman–Crippen MR) is 95.3 cm³/mol. The Bertz CT molecular complexity index is 375. The summed E-state index contributed by atoms with van der Waals surface area (Å²) in [7, 11) is 1.90. The Kier molecular flexibility index (Phi) is 11.5. The number of nitrogens with zero attached hydrogens (tertiary/aromatic N) is 3. The maximum Gasteiger partial charge on any atom is 0.188 e. The van der Waals surface area contributed by atoms with E-state index in [1.165, 1.54) is 32.1 Å². The molecule has 0 aliphatic heterocycles. The highest BCUT2D eigenvalue weighted by molar-refractivity contribution is 14.0. The number of nitrogens with two attached hydrogens (primary N) is 1. The first-order valence-corrected chi connectivity index (χ1v) is 7.23. The van der Waals surface area contributed by atoms with E-state index in [2.05, 4.69) is 22.3 Å². The minimum Gasteiger partial charge on any atom is -0.370 e. The summed E-state index contributed by atoms with van der Waals surface area (Å²) in [6.07, 6.45) is 11.5. The molecular weight excluding hydrogens is 365 g/mol. The molecule has 0 aliphatic carbocycles. The second-order valence-corrected chi connectivity index (χ2v) is 4.92. The van der Waals surface area contributed by atoms with E-state index in [0.717, 1.165) is 18.5 Å². The number of unbranched alkanes of at least 4 members (excludes halogenated alkanes) is 5. The number of aryl methyl sites for hydroxylation is 1. The van der Waals surface area contributed by atoms with Gasteiger partial charge in [0, 0.05) is 25.4 Å². The van der Waals surface area contributed by atoms with Gasteiger partial charge in [-0.3, -0.25) is 4.68 Å². The highest BCUT2D eigenvalue weighted by atomic mass is 127. The van der Waals surface area contributed by atoms with Gasteiger partial charge in [-0.05, 0) is 6.42 Å². The lowest BCUT2D eigenvalue weighted by molar-refractivity contribution is 0.601. The van der Waals surface area contributed by atoms with Crippen molar-refractivity contribution in [1.29, 1.82) is 0 Å². The SMILES string of the molecule is CCCCCCCCNC(N)=NCc1cnn(C)c1.I. The number of hydrogen-bond donors (Lipinski definition) is 2. The minimum atomic E-state index is 0. The molecule has 0 saturated carbocycles. The Morgan fingerprint density at radius 3 is 2.65 bits per heavy atom. The summed E-state index contributed by atoms with van der Waals surface area (Å²) in [5, 5.41) is 7.24. The first-order chi connectivity index (χ1) is 9.22. The Morgan fingerprint density at radius 1 is 1.30 bits per heavy atom. The standard InChI is InChI=1S/C14H27N5.HI/c1-3-4-5-6-7-8-9-16-14(15)17-10-13-11-18-19(2)12-13;/h11-12H,3-10H2,1-2H3,(H3,15,16,17);1H. The lowest BCUT2D eigenvalue weighted by atomic mass is 10.1. The number of nitrogens with one attached hydrogen (secondary N) is 1. The van der Waals surface area contributed by atoms with Gasteiger partial charge in [0.05, 0.1) is 12.7 Å². The molecule has 1 heterocycles. The molecule has 0 amide bonds. The van der Waals surface area contributed by atoms with Gasteiger partial charge in [-0.15, -0.1) is 24.0 Å². The van der Waals surface area contributed by atoms with E-state index in [-0.39, 0.29) is 24.0 Å². The Hall–Kier alpha value is -0.790. The lowest BCUT2D eigenvalue weighted by Crippen LogP contribution is -2.32. The molecule has 0 unspecified atom stereocenters. The number of rotatable bonds is 9. The average molecular weight is 393 g/mol. The summed E-state index contributed by atoms with van der Waals surface area (Å²) < 4.78 is 1.77. The second-order valence-electron chi connectivity index (χ2n) is 4.92. The van der Waals surface area contributed by atoms with Gasteiger partial charge >= 0.3 is 0 Å². The molecule has 0 radical (unpaired) electrons. The van der Waals surface area contributed by atoms with Crippen LogP contribution < -0.4 is 11.1 Å². The zero-order valence-electron chi connectivity index (χ0n) is 12.6. The lowest BCUT2D eigenvalue weighted by Gasteiger charge is -2.05. The van der Waals surface area contributed by atoms with E-state index >= 15 is 0 Å². The third-order valence-electron chi connectivity index (χ3n) is 3.03. The summed E-state index contributed by atoms with van der Waals surface area (Å²) in [6, 6.07) is 0. The molecule has 0 bridgehead atoms. The smallest absolute Gasteiger partial charge is 0.188 e. The summed E-state index contributed by atoms with van der Waals surface area (Å²) in [5.74, 6) is 0.525. The van der Waals surface area contributed by atoms with Crippen molar-refractivity contribution in [1.82, 2.24) is 15.1 Å². The highest BCUT2D eigenvalue weighted by Gasteiger charge is 1.96. The topological polar surface area (TPSA) is 68.2 Å². The van der Waals surface area contributed by atoms with Crippen molar-refractivity contribution < 1.29 is 0 Å². The molecule has 20 heavy (non-hydrogen) atoms. The van der Waals surface area contributed by atoms with Gasteiger partial charge in [0.25, 0.3) is 0 Å². The second kappa shape index (κ2) is 12.0. The van der Waals surface area contributed by atoms with Crippen LogP contribution in [0.3, 0.4) is 0 Å². The molecule has 3 N–H and O–H groups in total. The van der Waals surface area contributed by atoms with E-state index in [1.54, 1.807) is 4.68 Å². The molecule has 0 aliphatic rings. The van der Waals surface area contributed by atoms with E-state index in [9.17, 15) is 0 Å². The van der Waals surface area contributed by atoms with Crippen molar-refractivity contribution in [3.63, 3.8) is 0 Å². The van der Waals surface area contributed by atoms with Crippen LogP contribution in [0.1, 0.15) is 51.0 Å². The van der Waals surface area contributed by atoms with Gasteiger partial charge in [0.1, 0.15) is 0 Å². The van der Waals surface area contributed by atoms with E-state index in [4.69, 9.17) is 5.73 Å². The number of halogens is 1. The van der Waals surface area contributed by atoms with Crippen molar-refractivity contribution in [3.8, 4) is 0 Å². The quantitative estimate of drug-likeness (QED) is 0.293. The molecule has 0 saturated heterocycles. The monoisotopic (exact) mass is 393 g/mol. The number of guanidine groups is 1. The van der Waals surface area contributed by atoms with Gasteiger partial charge in [-0.2, -0.15) is 5.10 Å². The first-order valence-electron chi connectivity index (χ1n) is 7.23. The first kappa shape index (κ1) is 19.2. The van der Waals surface area contributed by atoms with E-state index < -0.39 is 0 Å². The molecule has 6 heteroatoms. The van der Waals surface area contributed by atoms with Gasteiger partial charge in [0.15, 0.2) is 5.96 Å². The molecule has 0 atom stereocenters. The van der Waals surface area contributed by atoms with Crippen molar-refractivity contribution in [2.45, 2.75) is 52.0 Å². The van der Waals surface area contributed by atoms with Crippen LogP contribution in [0.5, 0.6) is 0 Å². The van der Waals surface area contributed by atoms with E-state index in [0.29, 0.717) is 12.5 Å². The van der Waals surface area contributed by atoms with Gasteiger partial charge in [-0.1, -0.05) is 39.0 Å². The van der Waals surface area contributed by atoms with Crippen LogP contribution >= 0.6 is 24.0 Å². The molecule has 0 spiro atoms. The van der Waals surface area contributed by atoms with Crippen LogP contribution in [0.25, 0.3) is 0 Å². The Balaban J connectivity index is 0.00000361. The normalized spacial score (nSPS) is 11.2. The summed E-state index contributed by atoms with van der Waals surface area (Å²) in [5.41, 5.74) is 6.88. The molecule has 0 aromatic carbocycles. The van der Waals surface area contributed by atoms with E-state index in [1.807, 2.05) is 19.4 Å². The molecule has 0 fully saturated rings. The molecule has 1 rings (SSSR count). The molecular formula is C14H28IN5. The number of aliphatic imine (C=N–C) groups is 1. The van der Waals surface area contributed by atoms with Crippen LogP contribution in [0.15, 0.2) is 17.4 Å². The Labute approximate surface area is 139 Å². The highest BCUT2D eigenvalue weighted by Crippen LogP contribution is 2.04. The van der Waals surface area contributed by atoms with Gasteiger partial charge < -0.3 is 11.1 Å². The predicted octanol–water partition coefficient (Wildman–Crippen LogP) is 2.80. The zero-order valence-corrected chi connectivity index (χ0v) is 15.0. The summed E-state index contributed by atoms with van der Waals surface area (Å²) >= 11 is 0. The van der Waals surface area contributed by atoms with Crippen LogP contribution in [-0.4, -0.2) is 22.3 Å².